The van der Waals surface area contributed by atoms with E-state index in [0.29, 0.717) is 24.6 Å². The average Bonchev–Trinajstić information content (AvgIpc) is 3.34. The molecular weight excluding hydrogens is 402 g/mol. The van der Waals surface area contributed by atoms with Crippen LogP contribution in [0.4, 0.5) is 0 Å². The van der Waals surface area contributed by atoms with Gasteiger partial charge in [-0.25, -0.2) is 0 Å². The van der Waals surface area contributed by atoms with Gasteiger partial charge in [-0.2, -0.15) is 0 Å². The molecule has 4 nitrogen and oxygen atoms in total. The molecule has 1 saturated heterocycles. The van der Waals surface area contributed by atoms with E-state index in [-0.39, 0.29) is 0 Å². The summed E-state index contributed by atoms with van der Waals surface area (Å²) in [7, 11) is 0. The summed E-state index contributed by atoms with van der Waals surface area (Å²) in [6.45, 7) is 4.97. The summed E-state index contributed by atoms with van der Waals surface area (Å²) in [5.41, 5.74) is 8.55. The highest BCUT2D eigenvalue weighted by atomic mass is 79.9. The van der Waals surface area contributed by atoms with Crippen molar-refractivity contribution < 1.29 is 4.74 Å². The van der Waals surface area contributed by atoms with Crippen LogP contribution in [0.25, 0.3) is 0 Å². The van der Waals surface area contributed by atoms with Gasteiger partial charge in [0, 0.05) is 42.1 Å². The molecule has 1 aliphatic heterocycles. The van der Waals surface area contributed by atoms with Crippen LogP contribution in [0.15, 0.2) is 53.0 Å². The molecule has 4 rings (SSSR count). The first-order valence-corrected chi connectivity index (χ1v) is 10.7. The van der Waals surface area contributed by atoms with Crippen LogP contribution in [0.5, 0.6) is 5.75 Å². The van der Waals surface area contributed by atoms with Gasteiger partial charge in [-0.05, 0) is 54.8 Å². The first-order chi connectivity index (χ1) is 13.2. The lowest BCUT2D eigenvalue weighted by molar-refractivity contribution is 0.306. The third kappa shape index (κ3) is 5.32. The second-order valence-electron chi connectivity index (χ2n) is 7.74. The number of hydrogen-bond acceptors (Lipinski definition) is 4. The topological polar surface area (TPSA) is 50.5 Å². The fourth-order valence-electron chi connectivity index (χ4n) is 3.82. The van der Waals surface area contributed by atoms with Gasteiger partial charge >= 0.3 is 0 Å². The molecule has 5 heteroatoms. The monoisotopic (exact) mass is 429 g/mol. The lowest BCUT2D eigenvalue weighted by Gasteiger charge is -2.15. The molecule has 2 aromatic carbocycles. The Morgan fingerprint density at radius 2 is 1.89 bits per heavy atom. The van der Waals surface area contributed by atoms with Crippen LogP contribution in [-0.4, -0.2) is 43.2 Å². The quantitative estimate of drug-likeness (QED) is 0.673. The lowest BCUT2D eigenvalue weighted by atomic mass is 10.1. The highest BCUT2D eigenvalue weighted by Gasteiger charge is 2.37. The Labute approximate surface area is 170 Å². The van der Waals surface area contributed by atoms with Crippen LogP contribution in [0.1, 0.15) is 29.9 Å². The highest BCUT2D eigenvalue weighted by molar-refractivity contribution is 9.10. The van der Waals surface area contributed by atoms with E-state index in [9.17, 15) is 0 Å². The van der Waals surface area contributed by atoms with Crippen LogP contribution in [-0.2, 0) is 6.61 Å². The zero-order chi connectivity index (χ0) is 18.6. The Kier molecular flexibility index (Phi) is 6.13. The summed E-state index contributed by atoms with van der Waals surface area (Å²) in [5.74, 6) is 1.57. The minimum absolute atomic E-state index is 0.378. The molecule has 0 amide bonds. The molecule has 1 unspecified atom stereocenters. The predicted molar refractivity (Wildman–Crippen MR) is 113 cm³/mol. The Hall–Kier alpha value is -1.40. The molecule has 0 spiro atoms. The summed E-state index contributed by atoms with van der Waals surface area (Å²) in [5, 5.41) is 3.70. The maximum absolute atomic E-state index is 5.97. The van der Waals surface area contributed by atoms with Gasteiger partial charge in [0.05, 0.1) is 0 Å². The molecule has 2 fully saturated rings. The first kappa shape index (κ1) is 18.9. The molecular formula is C22H28BrN3O. The van der Waals surface area contributed by atoms with Gasteiger partial charge in [0.2, 0.25) is 0 Å². The molecule has 2 aliphatic rings. The SMILES string of the molecule is NC1CCN(CCN[C@@H]2C[C@H]2c2ccc(OCc3ccc(Br)cc3)cc2)C1. The van der Waals surface area contributed by atoms with Crippen LogP contribution >= 0.6 is 15.9 Å². The predicted octanol–water partition coefficient (Wildman–Crippen LogP) is 3.51. The summed E-state index contributed by atoms with van der Waals surface area (Å²) < 4.78 is 6.99. The van der Waals surface area contributed by atoms with Crippen molar-refractivity contribution in [2.24, 2.45) is 5.73 Å². The van der Waals surface area contributed by atoms with Gasteiger partial charge in [0.25, 0.3) is 0 Å². The van der Waals surface area contributed by atoms with E-state index < -0.39 is 0 Å². The third-order valence-corrected chi connectivity index (χ3v) is 6.09. The van der Waals surface area contributed by atoms with E-state index in [1.165, 1.54) is 17.5 Å². The Morgan fingerprint density at radius 1 is 1.11 bits per heavy atom. The highest BCUT2D eigenvalue weighted by Crippen LogP contribution is 2.41. The largest absolute Gasteiger partial charge is 0.489 e. The van der Waals surface area contributed by atoms with E-state index in [2.05, 4.69) is 62.5 Å². The van der Waals surface area contributed by atoms with E-state index in [4.69, 9.17) is 10.5 Å². The zero-order valence-corrected chi connectivity index (χ0v) is 17.2. The summed E-state index contributed by atoms with van der Waals surface area (Å²) >= 11 is 3.46. The van der Waals surface area contributed by atoms with E-state index >= 15 is 0 Å². The number of rotatable bonds is 8. The molecule has 1 saturated carbocycles. The summed E-state index contributed by atoms with van der Waals surface area (Å²) in [6, 6.07) is 17.8. The Morgan fingerprint density at radius 3 is 2.59 bits per heavy atom. The lowest BCUT2D eigenvalue weighted by Crippen LogP contribution is -2.33. The molecule has 1 heterocycles. The molecule has 3 atom stereocenters. The van der Waals surface area contributed by atoms with Crippen LogP contribution < -0.4 is 15.8 Å². The minimum Gasteiger partial charge on any atom is -0.489 e. The third-order valence-electron chi connectivity index (χ3n) is 5.56. The molecule has 27 heavy (non-hydrogen) atoms. The molecule has 0 aromatic heterocycles. The number of nitrogens with zero attached hydrogens (tertiary/aromatic N) is 1. The second-order valence-corrected chi connectivity index (χ2v) is 8.65. The molecule has 3 N–H and O–H groups in total. The van der Waals surface area contributed by atoms with Crippen molar-refractivity contribution in [2.75, 3.05) is 26.2 Å². The summed E-state index contributed by atoms with van der Waals surface area (Å²) in [6.07, 6.45) is 2.38. The number of ether oxygens (including phenoxy) is 1. The normalized spacial score (nSPS) is 24.9. The number of likely N-dealkylation sites (tertiary alicyclic amines) is 1. The van der Waals surface area contributed by atoms with Crippen molar-refractivity contribution in [1.82, 2.24) is 10.2 Å². The van der Waals surface area contributed by atoms with Gasteiger partial charge < -0.3 is 20.7 Å². The standard InChI is InChI=1S/C22H28BrN3O/c23-18-5-1-16(2-6-18)15-27-20-7-3-17(4-8-20)21-13-22(21)25-10-12-26-11-9-19(24)14-26/h1-8,19,21-22,25H,9-15,24H2/t19?,21-,22+/m0/s1. The second kappa shape index (κ2) is 8.74. The van der Waals surface area contributed by atoms with Crippen molar-refractivity contribution >= 4 is 15.9 Å². The fraction of sp³-hybridized carbons (Fsp3) is 0.455. The van der Waals surface area contributed by atoms with Gasteiger partial charge in [-0.1, -0.05) is 40.2 Å². The Bertz CT molecular complexity index is 734. The molecule has 0 bridgehead atoms. The number of nitrogens with two attached hydrogens (primary N) is 1. The van der Waals surface area contributed by atoms with Crippen molar-refractivity contribution in [3.05, 3.63) is 64.1 Å². The molecule has 144 valence electrons. The van der Waals surface area contributed by atoms with Crippen LogP contribution in [0, 0.1) is 0 Å². The average molecular weight is 430 g/mol. The smallest absolute Gasteiger partial charge is 0.119 e. The number of nitrogens with one attached hydrogen (secondary N) is 1. The van der Waals surface area contributed by atoms with E-state index in [1.54, 1.807) is 0 Å². The minimum atomic E-state index is 0.378. The maximum Gasteiger partial charge on any atom is 0.119 e. The first-order valence-electron chi connectivity index (χ1n) is 9.86. The van der Waals surface area contributed by atoms with E-state index in [0.717, 1.165) is 42.8 Å². The number of halogens is 1. The maximum atomic E-state index is 5.97. The fourth-order valence-corrected chi connectivity index (χ4v) is 4.09. The van der Waals surface area contributed by atoms with Gasteiger partial charge in [0.1, 0.15) is 12.4 Å². The van der Waals surface area contributed by atoms with Gasteiger partial charge in [0.15, 0.2) is 0 Å². The zero-order valence-electron chi connectivity index (χ0n) is 15.6. The molecule has 1 aliphatic carbocycles. The van der Waals surface area contributed by atoms with Crippen molar-refractivity contribution in [1.29, 1.82) is 0 Å². The van der Waals surface area contributed by atoms with Gasteiger partial charge in [-0.3, -0.25) is 0 Å². The Balaban J connectivity index is 1.19. The van der Waals surface area contributed by atoms with Crippen LogP contribution in [0.2, 0.25) is 0 Å². The van der Waals surface area contributed by atoms with Gasteiger partial charge in [-0.15, -0.1) is 0 Å². The van der Waals surface area contributed by atoms with Crippen molar-refractivity contribution in [2.45, 2.75) is 37.5 Å². The van der Waals surface area contributed by atoms with E-state index in [1.807, 2.05) is 12.1 Å². The summed E-state index contributed by atoms with van der Waals surface area (Å²) in [4.78, 5) is 2.46. The van der Waals surface area contributed by atoms with Crippen LogP contribution in [0.3, 0.4) is 0 Å². The van der Waals surface area contributed by atoms with Crippen molar-refractivity contribution in [3.63, 3.8) is 0 Å². The number of hydrogen-bond donors (Lipinski definition) is 2. The molecule has 2 aromatic rings. The molecule has 0 radical (unpaired) electrons. The number of benzene rings is 2. The van der Waals surface area contributed by atoms with Crippen molar-refractivity contribution in [3.8, 4) is 5.75 Å².